The van der Waals surface area contributed by atoms with Crippen LogP contribution in [0.4, 0.5) is 17.1 Å². The Kier molecular flexibility index (Phi) is 5.87. The quantitative estimate of drug-likeness (QED) is 0.199. The smallest absolute Gasteiger partial charge is 0.180 e. The highest BCUT2D eigenvalue weighted by Crippen LogP contribution is 2.44. The minimum Gasteiger partial charge on any atom is -0.309 e. The van der Waals surface area contributed by atoms with Crippen molar-refractivity contribution in [3.8, 4) is 11.1 Å². The topological polar surface area (TPSA) is 3.24 Å². The molecule has 0 atom stereocenters. The van der Waals surface area contributed by atoms with Gasteiger partial charge in [-0.15, -0.1) is 0 Å². The zero-order valence-corrected chi connectivity index (χ0v) is 24.2. The van der Waals surface area contributed by atoms with Crippen molar-refractivity contribution in [2.45, 2.75) is 0 Å². The molecule has 0 saturated heterocycles. The minimum absolute atomic E-state index is 1.15. The average Bonchev–Trinajstić information content (AvgIpc) is 3.38. The lowest BCUT2D eigenvalue weighted by Crippen LogP contribution is -2.72. The van der Waals surface area contributed by atoms with Crippen molar-refractivity contribution >= 4 is 56.7 Å². The fourth-order valence-electron chi connectivity index (χ4n) is 7.05. The second-order valence-corrected chi connectivity index (χ2v) is 14.6. The summed E-state index contributed by atoms with van der Waals surface area (Å²) < 4.78 is 0. The van der Waals surface area contributed by atoms with Crippen LogP contribution in [-0.4, -0.2) is 8.07 Å². The zero-order chi connectivity index (χ0) is 27.9. The lowest BCUT2D eigenvalue weighted by molar-refractivity contribution is 1.30. The number of nitrogens with zero attached hydrogens (tertiary/aromatic N) is 1. The second-order valence-electron chi connectivity index (χ2n) is 10.9. The average molecular weight is 552 g/mol. The maximum absolute atomic E-state index is 2.59. The first-order chi connectivity index (χ1) is 20.9. The monoisotopic (exact) mass is 551 g/mol. The van der Waals surface area contributed by atoms with Crippen LogP contribution < -0.4 is 25.6 Å². The van der Waals surface area contributed by atoms with Crippen LogP contribution in [-0.2, 0) is 0 Å². The van der Waals surface area contributed by atoms with E-state index < -0.39 is 8.07 Å². The second kappa shape index (κ2) is 10.0. The standard InChI is InChI=1S/C40H29NSi/c1-4-18-31(19-5-1)41(36-26-14-17-30-16-10-11-24-34(30)36)37-27-15-29-39-40(37)35-25-12-13-28-38(35)42(39,32-20-6-2-7-21-32)33-22-8-3-9-23-33/h1-29H. The van der Waals surface area contributed by atoms with Gasteiger partial charge in [0.1, 0.15) is 0 Å². The molecule has 8 rings (SSSR count). The number of hydrogen-bond acceptors (Lipinski definition) is 1. The third kappa shape index (κ3) is 3.62. The van der Waals surface area contributed by atoms with Crippen LogP contribution in [0.15, 0.2) is 176 Å². The molecule has 0 fully saturated rings. The van der Waals surface area contributed by atoms with E-state index in [1.165, 1.54) is 54.0 Å². The summed E-state index contributed by atoms with van der Waals surface area (Å²) in [5, 5.41) is 8.20. The van der Waals surface area contributed by atoms with Gasteiger partial charge in [0.2, 0.25) is 0 Å². The van der Waals surface area contributed by atoms with Crippen LogP contribution in [0.25, 0.3) is 21.9 Å². The SMILES string of the molecule is c1ccc(N(c2cccc3c2-c2ccccc2[Si]3(c2ccccc2)c2ccccc2)c2cccc3ccccc23)cc1. The highest BCUT2D eigenvalue weighted by atomic mass is 28.3. The first kappa shape index (κ1) is 24.6. The molecule has 0 unspecified atom stereocenters. The van der Waals surface area contributed by atoms with Crippen molar-refractivity contribution in [2.75, 3.05) is 4.90 Å². The molecule has 1 aliphatic heterocycles. The van der Waals surface area contributed by atoms with E-state index >= 15 is 0 Å². The molecule has 0 N–H and O–H groups in total. The largest absolute Gasteiger partial charge is 0.309 e. The van der Waals surface area contributed by atoms with Gasteiger partial charge in [0.15, 0.2) is 8.07 Å². The van der Waals surface area contributed by atoms with Crippen molar-refractivity contribution in [2.24, 2.45) is 0 Å². The van der Waals surface area contributed by atoms with E-state index in [1.54, 1.807) is 0 Å². The van der Waals surface area contributed by atoms with Crippen molar-refractivity contribution in [1.29, 1.82) is 0 Å². The summed E-state index contributed by atoms with van der Waals surface area (Å²) in [4.78, 5) is 2.47. The van der Waals surface area contributed by atoms with E-state index in [4.69, 9.17) is 0 Å². The molecule has 1 nitrogen and oxygen atoms in total. The summed E-state index contributed by atoms with van der Waals surface area (Å²) in [6, 6.07) is 64.7. The molecule has 0 aliphatic carbocycles. The molecule has 42 heavy (non-hydrogen) atoms. The molecule has 2 heteroatoms. The molecule has 0 radical (unpaired) electrons. The number of anilines is 3. The first-order valence-corrected chi connectivity index (χ1v) is 16.5. The number of hydrogen-bond donors (Lipinski definition) is 0. The highest BCUT2D eigenvalue weighted by Gasteiger charge is 2.49. The lowest BCUT2D eigenvalue weighted by Gasteiger charge is -2.32. The lowest BCUT2D eigenvalue weighted by atomic mass is 10.0. The first-order valence-electron chi connectivity index (χ1n) is 14.5. The van der Waals surface area contributed by atoms with Gasteiger partial charge in [-0.2, -0.15) is 0 Å². The van der Waals surface area contributed by atoms with Gasteiger partial charge < -0.3 is 4.90 Å². The molecule has 0 spiro atoms. The molecule has 0 amide bonds. The maximum atomic E-state index is 2.47. The Morgan fingerprint density at radius 3 is 1.64 bits per heavy atom. The summed E-state index contributed by atoms with van der Waals surface area (Å²) in [6.45, 7) is 0. The molecule has 7 aromatic rings. The summed E-state index contributed by atoms with van der Waals surface area (Å²) >= 11 is 0. The minimum atomic E-state index is -2.59. The molecule has 7 aromatic carbocycles. The van der Waals surface area contributed by atoms with Crippen LogP contribution >= 0.6 is 0 Å². The summed E-state index contributed by atoms with van der Waals surface area (Å²) in [5.41, 5.74) is 6.22. The van der Waals surface area contributed by atoms with E-state index in [-0.39, 0.29) is 0 Å². The van der Waals surface area contributed by atoms with Crippen molar-refractivity contribution < 1.29 is 0 Å². The van der Waals surface area contributed by atoms with Gasteiger partial charge in [-0.3, -0.25) is 0 Å². The molecule has 198 valence electrons. The van der Waals surface area contributed by atoms with E-state index in [1.807, 2.05) is 0 Å². The fourth-order valence-corrected chi connectivity index (χ4v) is 12.2. The van der Waals surface area contributed by atoms with Crippen molar-refractivity contribution in [3.05, 3.63) is 176 Å². The number of rotatable bonds is 5. The molecule has 0 aromatic heterocycles. The molecule has 0 bridgehead atoms. The molecule has 1 heterocycles. The third-order valence-electron chi connectivity index (χ3n) is 8.72. The summed E-state index contributed by atoms with van der Waals surface area (Å²) in [5.74, 6) is 0. The molecular weight excluding hydrogens is 523 g/mol. The van der Waals surface area contributed by atoms with Crippen LogP contribution in [0.1, 0.15) is 0 Å². The highest BCUT2D eigenvalue weighted by molar-refractivity contribution is 7.22. The summed E-state index contributed by atoms with van der Waals surface area (Å²) in [7, 11) is -2.59. The van der Waals surface area contributed by atoms with E-state index in [0.29, 0.717) is 0 Å². The van der Waals surface area contributed by atoms with Crippen LogP contribution in [0.2, 0.25) is 0 Å². The van der Waals surface area contributed by atoms with E-state index in [9.17, 15) is 0 Å². The molecule has 0 saturated carbocycles. The van der Waals surface area contributed by atoms with E-state index in [0.717, 1.165) is 5.69 Å². The van der Waals surface area contributed by atoms with Gasteiger partial charge in [-0.1, -0.05) is 152 Å². The fraction of sp³-hybridized carbons (Fsp3) is 0. The van der Waals surface area contributed by atoms with Crippen LogP contribution in [0, 0.1) is 0 Å². The Morgan fingerprint density at radius 1 is 0.381 bits per heavy atom. The number of para-hydroxylation sites is 1. The maximum Gasteiger partial charge on any atom is 0.180 e. The predicted octanol–water partition coefficient (Wildman–Crippen LogP) is 7.67. The third-order valence-corrected chi connectivity index (χ3v) is 13.6. The zero-order valence-electron chi connectivity index (χ0n) is 23.2. The van der Waals surface area contributed by atoms with Gasteiger partial charge >= 0.3 is 0 Å². The van der Waals surface area contributed by atoms with Gasteiger partial charge in [0, 0.05) is 16.6 Å². The number of fused-ring (bicyclic) bond motifs is 4. The van der Waals surface area contributed by atoms with Gasteiger partial charge in [0.05, 0.1) is 11.4 Å². The predicted molar refractivity (Wildman–Crippen MR) is 181 cm³/mol. The summed E-state index contributed by atoms with van der Waals surface area (Å²) in [6.07, 6.45) is 0. The van der Waals surface area contributed by atoms with Gasteiger partial charge in [-0.05, 0) is 56.0 Å². The molecular formula is C40H29NSi. The van der Waals surface area contributed by atoms with E-state index in [2.05, 4.69) is 181 Å². The van der Waals surface area contributed by atoms with Crippen molar-refractivity contribution in [1.82, 2.24) is 0 Å². The van der Waals surface area contributed by atoms with Crippen LogP contribution in [0.5, 0.6) is 0 Å². The number of benzene rings is 7. The Balaban J connectivity index is 1.50. The Hall–Kier alpha value is -5.18. The Labute approximate surface area is 248 Å². The molecule has 1 aliphatic rings. The van der Waals surface area contributed by atoms with Crippen LogP contribution in [0.3, 0.4) is 0 Å². The Morgan fingerprint density at radius 2 is 0.905 bits per heavy atom. The normalized spacial score (nSPS) is 13.0. The van der Waals surface area contributed by atoms with Gasteiger partial charge in [0.25, 0.3) is 0 Å². The van der Waals surface area contributed by atoms with Gasteiger partial charge in [-0.25, -0.2) is 0 Å². The van der Waals surface area contributed by atoms with Crippen molar-refractivity contribution in [3.63, 3.8) is 0 Å². The Bertz CT molecular complexity index is 1990.